The van der Waals surface area contributed by atoms with Crippen LogP contribution in [0.1, 0.15) is 19.3 Å². The zero-order valence-electron chi connectivity index (χ0n) is 10.0. The predicted molar refractivity (Wildman–Crippen MR) is 64.1 cm³/mol. The van der Waals surface area contributed by atoms with Crippen LogP contribution in [0.3, 0.4) is 0 Å². The smallest absolute Gasteiger partial charge is 0.168 e. The molecule has 1 aromatic rings. The Balaban J connectivity index is 2.01. The summed E-state index contributed by atoms with van der Waals surface area (Å²) in [5.74, 6) is 0.469. The van der Waals surface area contributed by atoms with Crippen LogP contribution in [0, 0.1) is 5.82 Å². The van der Waals surface area contributed by atoms with Crippen LogP contribution < -0.4 is 14.8 Å². The quantitative estimate of drug-likeness (QED) is 0.878. The zero-order chi connectivity index (χ0) is 12.1. The van der Waals surface area contributed by atoms with Crippen LogP contribution in [-0.2, 0) is 0 Å². The highest BCUT2D eigenvalue weighted by Gasteiger charge is 2.15. The minimum absolute atomic E-state index is 0.105. The van der Waals surface area contributed by atoms with Crippen molar-refractivity contribution in [1.29, 1.82) is 0 Å². The lowest BCUT2D eigenvalue weighted by atomic mass is 10.1. The Labute approximate surface area is 101 Å². The summed E-state index contributed by atoms with van der Waals surface area (Å²) in [6.07, 6.45) is 3.07. The lowest BCUT2D eigenvalue weighted by molar-refractivity contribution is 0.179. The van der Waals surface area contributed by atoms with E-state index >= 15 is 0 Å². The van der Waals surface area contributed by atoms with Gasteiger partial charge in [0, 0.05) is 6.07 Å². The summed E-state index contributed by atoms with van der Waals surface area (Å²) in [5, 5.41) is 3.30. The normalized spacial score (nSPS) is 20.7. The lowest BCUT2D eigenvalue weighted by Gasteiger charge is -2.17. The zero-order valence-corrected chi connectivity index (χ0v) is 10.0. The molecule has 0 amide bonds. The van der Waals surface area contributed by atoms with Crippen LogP contribution in [0.2, 0.25) is 0 Å². The maximum atomic E-state index is 13.7. The van der Waals surface area contributed by atoms with Crippen molar-refractivity contribution in [3.8, 4) is 11.5 Å². The van der Waals surface area contributed by atoms with Gasteiger partial charge in [-0.25, -0.2) is 4.39 Å². The highest BCUT2D eigenvalue weighted by Crippen LogP contribution is 2.25. The third kappa shape index (κ3) is 3.33. The number of hydrogen-bond acceptors (Lipinski definition) is 3. The highest BCUT2D eigenvalue weighted by atomic mass is 19.1. The van der Waals surface area contributed by atoms with Crippen LogP contribution in [0.5, 0.6) is 11.5 Å². The summed E-state index contributed by atoms with van der Waals surface area (Å²) in [4.78, 5) is 0. The number of nitrogens with one attached hydrogen (secondary N) is 1. The van der Waals surface area contributed by atoms with Gasteiger partial charge in [0.15, 0.2) is 11.6 Å². The molecule has 4 heteroatoms. The molecule has 1 N–H and O–H groups in total. The number of benzene rings is 1. The van der Waals surface area contributed by atoms with Gasteiger partial charge in [-0.2, -0.15) is 0 Å². The molecular formula is C13H18FNO2. The Kier molecular flexibility index (Phi) is 4.20. The maximum Gasteiger partial charge on any atom is 0.168 e. The average Bonchev–Trinajstić information content (AvgIpc) is 2.60. The van der Waals surface area contributed by atoms with Crippen LogP contribution in [0.4, 0.5) is 4.39 Å². The molecule has 1 fully saturated rings. The van der Waals surface area contributed by atoms with E-state index < -0.39 is 0 Å². The van der Waals surface area contributed by atoms with E-state index in [2.05, 4.69) is 5.32 Å². The Hall–Kier alpha value is -1.29. The molecule has 0 saturated carbocycles. The number of hydrogen-bond donors (Lipinski definition) is 1. The van der Waals surface area contributed by atoms with Crippen molar-refractivity contribution in [1.82, 2.24) is 5.32 Å². The van der Waals surface area contributed by atoms with Gasteiger partial charge in [0.1, 0.15) is 11.9 Å². The fourth-order valence-corrected chi connectivity index (χ4v) is 1.99. The summed E-state index contributed by atoms with van der Waals surface area (Å²) in [5.41, 5.74) is 0. The minimum Gasteiger partial charge on any atom is -0.497 e. The van der Waals surface area contributed by atoms with Gasteiger partial charge in [-0.3, -0.25) is 0 Å². The van der Waals surface area contributed by atoms with Crippen molar-refractivity contribution in [2.45, 2.75) is 25.4 Å². The van der Waals surface area contributed by atoms with E-state index in [1.807, 2.05) is 0 Å². The number of ether oxygens (including phenoxy) is 2. The number of methoxy groups -OCH3 is 1. The highest BCUT2D eigenvalue weighted by molar-refractivity contribution is 5.33. The Morgan fingerprint density at radius 1 is 1.29 bits per heavy atom. The molecule has 0 aliphatic carbocycles. The van der Waals surface area contributed by atoms with Gasteiger partial charge in [0.2, 0.25) is 0 Å². The molecule has 1 unspecified atom stereocenters. The van der Waals surface area contributed by atoms with E-state index in [0.717, 1.165) is 32.4 Å². The van der Waals surface area contributed by atoms with E-state index in [0.29, 0.717) is 11.5 Å². The van der Waals surface area contributed by atoms with Gasteiger partial charge in [0.05, 0.1) is 7.11 Å². The van der Waals surface area contributed by atoms with Gasteiger partial charge < -0.3 is 14.8 Å². The molecule has 94 valence electrons. The van der Waals surface area contributed by atoms with Crippen LogP contribution in [0.15, 0.2) is 18.2 Å². The number of rotatable bonds is 3. The van der Waals surface area contributed by atoms with Gasteiger partial charge in [-0.15, -0.1) is 0 Å². The molecule has 0 aromatic heterocycles. The van der Waals surface area contributed by atoms with Crippen molar-refractivity contribution >= 4 is 0 Å². The van der Waals surface area contributed by atoms with Crippen molar-refractivity contribution in [3.63, 3.8) is 0 Å². The number of halogens is 1. The first-order valence-electron chi connectivity index (χ1n) is 6.00. The summed E-state index contributed by atoms with van der Waals surface area (Å²) in [7, 11) is 1.52. The van der Waals surface area contributed by atoms with E-state index in [1.165, 1.54) is 13.2 Å². The molecule has 1 aromatic carbocycles. The second kappa shape index (κ2) is 5.87. The minimum atomic E-state index is -0.360. The third-order valence-electron chi connectivity index (χ3n) is 2.96. The largest absolute Gasteiger partial charge is 0.497 e. The SMILES string of the molecule is COc1ccc(OC2CCCNCC2)c(F)c1. The lowest BCUT2D eigenvalue weighted by Crippen LogP contribution is -2.19. The first-order chi connectivity index (χ1) is 8.29. The molecule has 1 saturated heterocycles. The molecule has 0 spiro atoms. The molecule has 3 nitrogen and oxygen atoms in total. The second-order valence-corrected chi connectivity index (χ2v) is 4.22. The molecule has 2 rings (SSSR count). The van der Waals surface area contributed by atoms with Crippen molar-refractivity contribution in [3.05, 3.63) is 24.0 Å². The fourth-order valence-electron chi connectivity index (χ4n) is 1.99. The van der Waals surface area contributed by atoms with Gasteiger partial charge >= 0.3 is 0 Å². The van der Waals surface area contributed by atoms with E-state index in [1.54, 1.807) is 12.1 Å². The molecule has 1 heterocycles. The molecule has 1 aliphatic heterocycles. The average molecular weight is 239 g/mol. The van der Waals surface area contributed by atoms with Crippen LogP contribution in [0.25, 0.3) is 0 Å². The summed E-state index contributed by atoms with van der Waals surface area (Å²) in [6.45, 7) is 1.95. The van der Waals surface area contributed by atoms with Gasteiger partial charge in [-0.05, 0) is 44.5 Å². The maximum absolute atomic E-state index is 13.7. The Bertz CT molecular complexity index is 362. The summed E-state index contributed by atoms with van der Waals surface area (Å²) in [6, 6.07) is 4.70. The monoisotopic (exact) mass is 239 g/mol. The first kappa shape index (κ1) is 12.2. The Morgan fingerprint density at radius 2 is 2.18 bits per heavy atom. The van der Waals surface area contributed by atoms with Gasteiger partial charge in [0.25, 0.3) is 0 Å². The standard InChI is InChI=1S/C13H18FNO2/c1-16-11-4-5-13(12(14)9-11)17-10-3-2-7-15-8-6-10/h4-5,9-10,15H,2-3,6-8H2,1H3. The fraction of sp³-hybridized carbons (Fsp3) is 0.538. The van der Waals surface area contributed by atoms with Crippen molar-refractivity contribution < 1.29 is 13.9 Å². The van der Waals surface area contributed by atoms with Gasteiger partial charge in [-0.1, -0.05) is 0 Å². The van der Waals surface area contributed by atoms with Crippen LogP contribution >= 0.6 is 0 Å². The molecule has 17 heavy (non-hydrogen) atoms. The topological polar surface area (TPSA) is 30.5 Å². The first-order valence-corrected chi connectivity index (χ1v) is 6.00. The van der Waals surface area contributed by atoms with Crippen molar-refractivity contribution in [2.24, 2.45) is 0 Å². The van der Waals surface area contributed by atoms with E-state index in [9.17, 15) is 4.39 Å². The Morgan fingerprint density at radius 3 is 2.94 bits per heavy atom. The third-order valence-corrected chi connectivity index (χ3v) is 2.96. The molecular weight excluding hydrogens is 221 g/mol. The van der Waals surface area contributed by atoms with Crippen molar-refractivity contribution in [2.75, 3.05) is 20.2 Å². The van der Waals surface area contributed by atoms with E-state index in [4.69, 9.17) is 9.47 Å². The second-order valence-electron chi connectivity index (χ2n) is 4.22. The molecule has 0 bridgehead atoms. The molecule has 1 aliphatic rings. The summed E-state index contributed by atoms with van der Waals surface area (Å²) < 4.78 is 24.3. The predicted octanol–water partition coefficient (Wildman–Crippen LogP) is 2.36. The molecule has 1 atom stereocenters. The molecule has 0 radical (unpaired) electrons. The van der Waals surface area contributed by atoms with E-state index in [-0.39, 0.29) is 11.9 Å². The van der Waals surface area contributed by atoms with Crippen LogP contribution in [-0.4, -0.2) is 26.3 Å². The summed E-state index contributed by atoms with van der Waals surface area (Å²) >= 11 is 0.